The number of halogens is 1. The number of carbonyl (C=O) groups is 3. The number of carbonyl (C=O) groups excluding carboxylic acids is 3. The first-order valence-electron chi connectivity index (χ1n) is 14.7. The standard InChI is InChI=1S/C33H38ClN3O5S/c1-5-16-35(22-12-14-23(15-13-22)42-7-3)30(39)27-26-20-21(4)33(43-26)28(27)31(40)37(18-19-38)29(33)32(41)36(17-6-2)25-11-9-8-10-24(25)34/h5-6,8-15,21,26-29,38H,1-2,7,16-20H2,3-4H3/t21?,26-,27+,28-,29?,33?/m0/s1. The highest BCUT2D eigenvalue weighted by atomic mass is 35.5. The lowest BCUT2D eigenvalue weighted by Crippen LogP contribution is -2.58. The summed E-state index contributed by atoms with van der Waals surface area (Å²) in [5, 5.41) is 10.3. The molecule has 3 heterocycles. The molecule has 2 aromatic rings. The van der Waals surface area contributed by atoms with E-state index in [4.69, 9.17) is 16.3 Å². The molecule has 1 spiro atoms. The smallest absolute Gasteiger partial charge is 0.251 e. The summed E-state index contributed by atoms with van der Waals surface area (Å²) < 4.78 is 4.74. The Morgan fingerprint density at radius 3 is 2.42 bits per heavy atom. The third kappa shape index (κ3) is 5.15. The molecule has 0 aliphatic carbocycles. The Balaban J connectivity index is 1.56. The lowest BCUT2D eigenvalue weighted by atomic mass is 9.65. The molecule has 6 atom stereocenters. The van der Waals surface area contributed by atoms with Crippen LogP contribution in [0.2, 0.25) is 5.02 Å². The van der Waals surface area contributed by atoms with Gasteiger partial charge in [0, 0.05) is 30.6 Å². The van der Waals surface area contributed by atoms with Crippen LogP contribution in [0.1, 0.15) is 20.3 Å². The average molecular weight is 624 g/mol. The molecule has 3 amide bonds. The van der Waals surface area contributed by atoms with E-state index in [0.29, 0.717) is 35.2 Å². The van der Waals surface area contributed by atoms with Gasteiger partial charge in [0.25, 0.3) is 5.91 Å². The van der Waals surface area contributed by atoms with E-state index in [0.717, 1.165) is 0 Å². The lowest BCUT2D eigenvalue weighted by molar-refractivity contribution is -0.139. The van der Waals surface area contributed by atoms with Crippen LogP contribution in [-0.4, -0.2) is 76.6 Å². The minimum absolute atomic E-state index is 0.00788. The van der Waals surface area contributed by atoms with Crippen LogP contribution in [0.5, 0.6) is 5.75 Å². The highest BCUT2D eigenvalue weighted by Crippen LogP contribution is 2.69. The van der Waals surface area contributed by atoms with Crippen LogP contribution < -0.4 is 14.5 Å². The number of rotatable bonds is 12. The van der Waals surface area contributed by atoms with Crippen molar-refractivity contribution in [1.29, 1.82) is 0 Å². The fourth-order valence-corrected chi connectivity index (χ4v) is 9.85. The predicted molar refractivity (Wildman–Crippen MR) is 172 cm³/mol. The number of hydrogen-bond acceptors (Lipinski definition) is 6. The number of benzene rings is 2. The van der Waals surface area contributed by atoms with Crippen LogP contribution in [0.4, 0.5) is 11.4 Å². The van der Waals surface area contributed by atoms with Crippen molar-refractivity contribution in [3.05, 3.63) is 78.9 Å². The number of para-hydroxylation sites is 1. The second-order valence-corrected chi connectivity index (χ2v) is 13.1. The third-order valence-corrected chi connectivity index (χ3v) is 11.3. The van der Waals surface area contributed by atoms with Gasteiger partial charge in [-0.25, -0.2) is 0 Å². The van der Waals surface area contributed by atoms with E-state index in [1.54, 1.807) is 58.0 Å². The van der Waals surface area contributed by atoms with Gasteiger partial charge in [-0.05, 0) is 55.7 Å². The summed E-state index contributed by atoms with van der Waals surface area (Å²) in [5.74, 6) is -1.39. The topological polar surface area (TPSA) is 90.4 Å². The lowest BCUT2D eigenvalue weighted by Gasteiger charge is -2.41. The van der Waals surface area contributed by atoms with E-state index in [1.807, 2.05) is 31.2 Å². The van der Waals surface area contributed by atoms with Gasteiger partial charge in [-0.3, -0.25) is 14.4 Å². The Kier molecular flexibility index (Phi) is 9.25. The quantitative estimate of drug-likeness (QED) is 0.342. The first-order chi connectivity index (χ1) is 20.7. The van der Waals surface area contributed by atoms with E-state index < -0.39 is 22.6 Å². The van der Waals surface area contributed by atoms with Gasteiger partial charge < -0.3 is 24.5 Å². The maximum atomic E-state index is 14.6. The number of β-amino-alcohol motifs (C(OH)–C–C–N with tert-alkyl or cyclic N) is 1. The largest absolute Gasteiger partial charge is 0.494 e. The summed E-state index contributed by atoms with van der Waals surface area (Å²) in [4.78, 5) is 48.1. The first-order valence-corrected chi connectivity index (χ1v) is 15.9. The van der Waals surface area contributed by atoms with Crippen LogP contribution in [0, 0.1) is 17.8 Å². The molecule has 10 heteroatoms. The number of anilines is 2. The van der Waals surface area contributed by atoms with Gasteiger partial charge in [0.05, 0.1) is 40.5 Å². The third-order valence-electron chi connectivity index (χ3n) is 8.86. The van der Waals surface area contributed by atoms with Gasteiger partial charge in [0.1, 0.15) is 11.8 Å². The zero-order valence-corrected chi connectivity index (χ0v) is 26.1. The number of fused-ring (bicyclic) bond motifs is 1. The summed E-state index contributed by atoms with van der Waals surface area (Å²) >= 11 is 8.14. The molecule has 3 unspecified atom stereocenters. The van der Waals surface area contributed by atoms with E-state index >= 15 is 0 Å². The molecule has 8 nitrogen and oxygen atoms in total. The Labute approximate surface area is 262 Å². The summed E-state index contributed by atoms with van der Waals surface area (Å²) in [6.07, 6.45) is 3.99. The van der Waals surface area contributed by atoms with Gasteiger partial charge in [-0.1, -0.05) is 42.8 Å². The minimum atomic E-state index is -0.880. The monoisotopic (exact) mass is 623 g/mol. The average Bonchev–Trinajstić information content (AvgIpc) is 3.59. The SMILES string of the molecule is C=CCN(C(=O)[C@@H]1[C@@H]2CC(C)C3(S2)C(C(=O)N(CC=C)c2ccccc2Cl)N(CCO)C(=O)[C@H]13)c1ccc(OCC)cc1. The molecule has 3 aliphatic rings. The van der Waals surface area contributed by atoms with Gasteiger partial charge in [-0.2, -0.15) is 0 Å². The molecule has 1 N–H and O–H groups in total. The fraction of sp³-hybridized carbons (Fsp3) is 0.424. The summed E-state index contributed by atoms with van der Waals surface area (Å²) in [6, 6.07) is 13.5. The molecular formula is C33H38ClN3O5S. The van der Waals surface area contributed by atoms with Crippen LogP contribution in [0.25, 0.3) is 0 Å². The zero-order valence-electron chi connectivity index (χ0n) is 24.5. The van der Waals surface area contributed by atoms with E-state index in [-0.39, 0.29) is 55.1 Å². The van der Waals surface area contributed by atoms with E-state index in [1.165, 1.54) is 4.90 Å². The molecule has 0 aromatic heterocycles. The first kappa shape index (κ1) is 31.2. The molecule has 2 bridgehead atoms. The summed E-state index contributed by atoms with van der Waals surface area (Å²) in [6.45, 7) is 12.4. The Morgan fingerprint density at radius 2 is 1.79 bits per heavy atom. The van der Waals surface area contributed by atoms with Crippen molar-refractivity contribution in [1.82, 2.24) is 4.90 Å². The van der Waals surface area contributed by atoms with Crippen molar-refractivity contribution in [2.45, 2.75) is 36.3 Å². The Hall–Kier alpha value is -3.27. The number of aliphatic hydroxyl groups is 1. The molecule has 3 fully saturated rings. The van der Waals surface area contributed by atoms with E-state index in [2.05, 4.69) is 20.1 Å². The van der Waals surface area contributed by atoms with Crippen LogP contribution >= 0.6 is 23.4 Å². The van der Waals surface area contributed by atoms with Crippen LogP contribution in [-0.2, 0) is 14.4 Å². The Morgan fingerprint density at radius 1 is 1.12 bits per heavy atom. The second-order valence-electron chi connectivity index (χ2n) is 11.2. The number of thioether (sulfide) groups is 1. The molecule has 5 rings (SSSR count). The minimum Gasteiger partial charge on any atom is -0.494 e. The Bertz CT molecular complexity index is 1400. The van der Waals surface area contributed by atoms with E-state index in [9.17, 15) is 19.5 Å². The molecule has 3 aliphatic heterocycles. The van der Waals surface area contributed by atoms with Crippen LogP contribution in [0.3, 0.4) is 0 Å². The number of aliphatic hydroxyl groups excluding tert-OH is 1. The highest BCUT2D eigenvalue weighted by molar-refractivity contribution is 8.02. The van der Waals surface area contributed by atoms with Gasteiger partial charge in [-0.15, -0.1) is 24.9 Å². The normalized spacial score (nSPS) is 27.1. The molecule has 3 saturated heterocycles. The maximum Gasteiger partial charge on any atom is 0.251 e. The molecule has 43 heavy (non-hydrogen) atoms. The van der Waals surface area contributed by atoms with Crippen molar-refractivity contribution in [2.24, 2.45) is 17.8 Å². The van der Waals surface area contributed by atoms with Crippen molar-refractivity contribution in [3.8, 4) is 5.75 Å². The molecule has 0 radical (unpaired) electrons. The maximum absolute atomic E-state index is 14.6. The molecule has 0 saturated carbocycles. The number of ether oxygens (including phenoxy) is 1. The zero-order chi connectivity index (χ0) is 30.9. The van der Waals surface area contributed by atoms with Gasteiger partial charge in [0.2, 0.25) is 11.8 Å². The number of amides is 3. The van der Waals surface area contributed by atoms with Gasteiger partial charge >= 0.3 is 0 Å². The van der Waals surface area contributed by atoms with Crippen molar-refractivity contribution < 1.29 is 24.2 Å². The molecular weight excluding hydrogens is 586 g/mol. The number of hydrogen-bond donors (Lipinski definition) is 1. The van der Waals surface area contributed by atoms with Crippen molar-refractivity contribution >= 4 is 52.5 Å². The molecule has 228 valence electrons. The fourth-order valence-electron chi connectivity index (χ4n) is 7.20. The second kappa shape index (κ2) is 12.8. The summed E-state index contributed by atoms with van der Waals surface area (Å²) in [7, 11) is 0. The van der Waals surface area contributed by atoms with Crippen LogP contribution in [0.15, 0.2) is 73.8 Å². The molecule has 2 aromatic carbocycles. The number of likely N-dealkylation sites (tertiary alicyclic amines) is 1. The van der Waals surface area contributed by atoms with Crippen molar-refractivity contribution in [2.75, 3.05) is 42.6 Å². The predicted octanol–water partition coefficient (Wildman–Crippen LogP) is 4.81. The van der Waals surface area contributed by atoms with Crippen molar-refractivity contribution in [3.63, 3.8) is 0 Å². The highest BCUT2D eigenvalue weighted by Gasteiger charge is 2.76. The van der Waals surface area contributed by atoms with Gasteiger partial charge in [0.15, 0.2) is 0 Å². The number of nitrogens with zero attached hydrogens (tertiary/aromatic N) is 3. The summed E-state index contributed by atoms with van der Waals surface area (Å²) in [5.41, 5.74) is 1.21.